The van der Waals surface area contributed by atoms with E-state index in [9.17, 15) is 10.1 Å². The average Bonchev–Trinajstić information content (AvgIpc) is 2.95. The van der Waals surface area contributed by atoms with E-state index >= 15 is 0 Å². The predicted molar refractivity (Wildman–Crippen MR) is 83.3 cm³/mol. The van der Waals surface area contributed by atoms with E-state index in [-0.39, 0.29) is 17.4 Å². The molecule has 0 aliphatic heterocycles. The molecule has 2 rings (SSSR count). The van der Waals surface area contributed by atoms with Crippen LogP contribution in [-0.4, -0.2) is 17.3 Å². The highest BCUT2D eigenvalue weighted by Crippen LogP contribution is 2.46. The summed E-state index contributed by atoms with van der Waals surface area (Å²) in [7, 11) is 0. The third kappa shape index (κ3) is 3.52. The van der Waals surface area contributed by atoms with E-state index in [2.05, 4.69) is 33.4 Å². The zero-order valence-corrected chi connectivity index (χ0v) is 13.3. The van der Waals surface area contributed by atoms with Gasteiger partial charge in [-0.1, -0.05) is 47.0 Å². The molecule has 0 aromatic heterocycles. The molecule has 108 valence electrons. The summed E-state index contributed by atoms with van der Waals surface area (Å²) in [5, 5.41) is 13.4. The molecule has 4 heteroatoms. The first kappa shape index (κ1) is 15.3. The van der Waals surface area contributed by atoms with Gasteiger partial charge in [0.15, 0.2) is 0 Å². The van der Waals surface area contributed by atoms with E-state index < -0.39 is 0 Å². The number of rotatable bonds is 5. The second kappa shape index (κ2) is 7.08. The van der Waals surface area contributed by atoms with Crippen LogP contribution < -0.4 is 5.32 Å². The van der Waals surface area contributed by atoms with Crippen molar-refractivity contribution in [2.75, 3.05) is 5.33 Å². The number of halogens is 1. The molecule has 1 amide bonds. The Balaban J connectivity index is 1.95. The zero-order chi connectivity index (χ0) is 14.4. The van der Waals surface area contributed by atoms with Crippen LogP contribution in [0.5, 0.6) is 0 Å². The van der Waals surface area contributed by atoms with Crippen molar-refractivity contribution in [2.45, 2.75) is 51.0 Å². The minimum absolute atomic E-state index is 0.0450. The lowest BCUT2D eigenvalue weighted by molar-refractivity contribution is -0.121. The number of amides is 1. The van der Waals surface area contributed by atoms with Crippen LogP contribution in [0.3, 0.4) is 0 Å². The van der Waals surface area contributed by atoms with Gasteiger partial charge in [0.1, 0.15) is 0 Å². The fourth-order valence-electron chi connectivity index (χ4n) is 3.12. The van der Waals surface area contributed by atoms with Gasteiger partial charge in [0.25, 0.3) is 0 Å². The maximum absolute atomic E-state index is 11.8. The van der Waals surface area contributed by atoms with Crippen molar-refractivity contribution in [3.05, 3.63) is 23.8 Å². The first-order valence-electron chi connectivity index (χ1n) is 7.34. The molecular formula is C16H21BrN2O. The van der Waals surface area contributed by atoms with E-state index in [1.165, 1.54) is 5.57 Å². The summed E-state index contributed by atoms with van der Waals surface area (Å²) in [6.45, 7) is 0. The Morgan fingerprint density at radius 2 is 2.25 bits per heavy atom. The number of nitrogens with one attached hydrogen (secondary N) is 1. The number of nitriles is 1. The molecule has 0 spiro atoms. The second-order valence-electron chi connectivity index (χ2n) is 5.65. The third-order valence-electron chi connectivity index (χ3n) is 4.25. The largest absolute Gasteiger partial charge is 0.350 e. The Hall–Kier alpha value is -1.08. The summed E-state index contributed by atoms with van der Waals surface area (Å²) < 4.78 is 0. The van der Waals surface area contributed by atoms with Crippen LogP contribution in [0, 0.1) is 16.7 Å². The molecule has 3 nitrogen and oxygen atoms in total. The van der Waals surface area contributed by atoms with Crippen LogP contribution in [0.4, 0.5) is 0 Å². The molecule has 0 aromatic carbocycles. The number of nitrogens with zero attached hydrogens (tertiary/aromatic N) is 1. The summed E-state index contributed by atoms with van der Waals surface area (Å²) in [4.78, 5) is 11.8. The van der Waals surface area contributed by atoms with Crippen LogP contribution in [0.15, 0.2) is 23.8 Å². The number of carbonyl (C=O) groups is 1. The standard InChI is InChI=1S/C16H21BrN2O/c17-10-4-7-15(20)19-14-6-3-5-13(11-14)16(12-18)8-1-2-9-16/h3,5-6,14H,1-2,4,7-11H2,(H,19,20). The number of carbonyl (C=O) groups excluding carboxylic acids is 1. The van der Waals surface area contributed by atoms with Gasteiger partial charge < -0.3 is 5.32 Å². The molecule has 20 heavy (non-hydrogen) atoms. The van der Waals surface area contributed by atoms with Crippen LogP contribution in [0.25, 0.3) is 0 Å². The lowest BCUT2D eigenvalue weighted by Crippen LogP contribution is -2.36. The van der Waals surface area contributed by atoms with Crippen molar-refractivity contribution in [2.24, 2.45) is 5.41 Å². The first-order valence-corrected chi connectivity index (χ1v) is 8.47. The fraction of sp³-hybridized carbons (Fsp3) is 0.625. The molecule has 0 bridgehead atoms. The summed E-state index contributed by atoms with van der Waals surface area (Å²) >= 11 is 3.33. The highest BCUT2D eigenvalue weighted by atomic mass is 79.9. The van der Waals surface area contributed by atoms with E-state index in [4.69, 9.17) is 0 Å². The van der Waals surface area contributed by atoms with Crippen LogP contribution in [0.1, 0.15) is 44.9 Å². The second-order valence-corrected chi connectivity index (χ2v) is 6.44. The minimum atomic E-state index is -0.274. The molecule has 0 saturated heterocycles. The van der Waals surface area contributed by atoms with Gasteiger partial charge in [-0.15, -0.1) is 0 Å². The van der Waals surface area contributed by atoms with Gasteiger partial charge in [-0.3, -0.25) is 4.79 Å². The van der Waals surface area contributed by atoms with Gasteiger partial charge in [0.2, 0.25) is 5.91 Å². The fourth-order valence-corrected chi connectivity index (χ4v) is 3.40. The lowest BCUT2D eigenvalue weighted by Gasteiger charge is -2.29. The highest BCUT2D eigenvalue weighted by Gasteiger charge is 2.38. The van der Waals surface area contributed by atoms with Gasteiger partial charge in [-0.25, -0.2) is 0 Å². The molecule has 1 saturated carbocycles. The van der Waals surface area contributed by atoms with Gasteiger partial charge in [-0.05, 0) is 31.3 Å². The Bertz CT molecular complexity index is 456. The maximum atomic E-state index is 11.8. The molecule has 0 heterocycles. The van der Waals surface area contributed by atoms with E-state index in [1.54, 1.807) is 0 Å². The van der Waals surface area contributed by atoms with Crippen molar-refractivity contribution >= 4 is 21.8 Å². The topological polar surface area (TPSA) is 52.9 Å². The monoisotopic (exact) mass is 336 g/mol. The molecule has 1 unspecified atom stereocenters. The van der Waals surface area contributed by atoms with Crippen LogP contribution in [0.2, 0.25) is 0 Å². The molecule has 2 aliphatic carbocycles. The van der Waals surface area contributed by atoms with Crippen LogP contribution in [-0.2, 0) is 4.79 Å². The molecule has 1 fully saturated rings. The summed E-state index contributed by atoms with van der Waals surface area (Å²) in [6.07, 6.45) is 12.5. The van der Waals surface area contributed by atoms with Crippen LogP contribution >= 0.6 is 15.9 Å². The molecule has 2 aliphatic rings. The van der Waals surface area contributed by atoms with Gasteiger partial charge in [-0.2, -0.15) is 5.26 Å². The quantitative estimate of drug-likeness (QED) is 0.779. The minimum Gasteiger partial charge on any atom is -0.350 e. The smallest absolute Gasteiger partial charge is 0.220 e. The van der Waals surface area contributed by atoms with E-state index in [0.717, 1.165) is 43.9 Å². The van der Waals surface area contributed by atoms with Crippen molar-refractivity contribution in [3.8, 4) is 6.07 Å². The SMILES string of the molecule is N#CC1(C2=CC=CC(NC(=O)CCCBr)C2)CCCC1. The van der Waals surface area contributed by atoms with Crippen molar-refractivity contribution in [1.82, 2.24) is 5.32 Å². The molecular weight excluding hydrogens is 316 g/mol. The predicted octanol–water partition coefficient (Wildman–Crippen LogP) is 3.62. The first-order chi connectivity index (χ1) is 9.70. The van der Waals surface area contributed by atoms with Crippen molar-refractivity contribution < 1.29 is 4.79 Å². The molecule has 1 atom stereocenters. The number of hydrogen-bond donors (Lipinski definition) is 1. The van der Waals surface area contributed by atoms with Gasteiger partial charge in [0, 0.05) is 11.8 Å². The summed E-state index contributed by atoms with van der Waals surface area (Å²) in [5.74, 6) is 0.0952. The highest BCUT2D eigenvalue weighted by molar-refractivity contribution is 9.09. The van der Waals surface area contributed by atoms with Crippen molar-refractivity contribution in [1.29, 1.82) is 5.26 Å². The zero-order valence-electron chi connectivity index (χ0n) is 11.7. The summed E-state index contributed by atoms with van der Waals surface area (Å²) in [6, 6.07) is 2.58. The molecule has 1 N–H and O–H groups in total. The van der Waals surface area contributed by atoms with Gasteiger partial charge in [0.05, 0.1) is 17.5 Å². The Morgan fingerprint density at radius 3 is 2.90 bits per heavy atom. The third-order valence-corrected chi connectivity index (χ3v) is 4.81. The van der Waals surface area contributed by atoms with Crippen molar-refractivity contribution in [3.63, 3.8) is 0 Å². The Morgan fingerprint density at radius 1 is 1.50 bits per heavy atom. The Kier molecular flexibility index (Phi) is 5.42. The lowest BCUT2D eigenvalue weighted by atomic mass is 9.75. The number of allylic oxidation sites excluding steroid dienone is 2. The number of alkyl halides is 1. The van der Waals surface area contributed by atoms with E-state index in [1.807, 2.05) is 12.2 Å². The maximum Gasteiger partial charge on any atom is 0.220 e. The Labute approximate surface area is 129 Å². The molecule has 0 aromatic rings. The van der Waals surface area contributed by atoms with E-state index in [0.29, 0.717) is 6.42 Å². The number of hydrogen-bond acceptors (Lipinski definition) is 2. The molecule has 0 radical (unpaired) electrons. The van der Waals surface area contributed by atoms with Gasteiger partial charge >= 0.3 is 0 Å². The average molecular weight is 337 g/mol. The normalized spacial score (nSPS) is 24.0. The summed E-state index contributed by atoms with van der Waals surface area (Å²) in [5.41, 5.74) is 0.926.